The van der Waals surface area contributed by atoms with Gasteiger partial charge in [0.05, 0.1) is 37.0 Å². The number of allylic oxidation sites excluding steroid dienone is 4. The van der Waals surface area contributed by atoms with Gasteiger partial charge in [-0.2, -0.15) is 26.3 Å². The highest BCUT2D eigenvalue weighted by molar-refractivity contribution is 5.96. The molecule has 2 aliphatic heterocycles. The molecule has 0 amide bonds. The lowest BCUT2D eigenvalue weighted by molar-refractivity contribution is -0.206. The first kappa shape index (κ1) is 38.3. The van der Waals surface area contributed by atoms with Crippen LogP contribution in [0.1, 0.15) is 96.8 Å². The van der Waals surface area contributed by atoms with Crippen molar-refractivity contribution in [1.29, 1.82) is 0 Å². The van der Waals surface area contributed by atoms with Crippen LogP contribution >= 0.6 is 0 Å². The number of aryl methyl sites for hydroxylation is 2. The third-order valence-electron chi connectivity index (χ3n) is 9.41. The fourth-order valence-electron chi connectivity index (χ4n) is 6.47. The van der Waals surface area contributed by atoms with Gasteiger partial charge in [-0.15, -0.1) is 0 Å². The second-order valence-electron chi connectivity index (χ2n) is 12.6. The molecule has 0 saturated heterocycles. The summed E-state index contributed by atoms with van der Waals surface area (Å²) in [6.45, 7) is 6.02. The Kier molecular flexibility index (Phi) is 10.5. The van der Waals surface area contributed by atoms with E-state index in [9.17, 15) is 46.1 Å². The largest absolute Gasteiger partial charge is 0.469 e. The number of carbonyl (C=O) groups excluding carboxylic acids is 2. The van der Waals surface area contributed by atoms with Crippen LogP contribution in [0.15, 0.2) is 24.3 Å². The van der Waals surface area contributed by atoms with Crippen molar-refractivity contribution in [2.24, 2.45) is 0 Å². The van der Waals surface area contributed by atoms with Gasteiger partial charge >= 0.3 is 24.3 Å². The summed E-state index contributed by atoms with van der Waals surface area (Å²) in [5.74, 6) is -1.02. The molecule has 52 heavy (non-hydrogen) atoms. The Hall–Kier alpha value is -4.96. The highest BCUT2D eigenvalue weighted by Crippen LogP contribution is 2.42. The standard InChI is InChI=1S/C36H36F6N4O6/c1-15-19(7-9-29(47)51-5)25-14-26-20(8-10-30(48)52-6)16(2)22(44-26)12-27-32(34(50)36(40,41)42)18(4)24(46-27)13-28-31(33(49)35(37,38)39)17(3)23(45-28)11-21(15)43-25/h11-14,33-34,45-46,49-50H,7-10H2,1-6H3. The Morgan fingerprint density at radius 1 is 0.635 bits per heavy atom. The molecule has 3 aromatic heterocycles. The van der Waals surface area contributed by atoms with E-state index >= 15 is 0 Å². The molecule has 5 rings (SSSR count). The molecule has 0 aliphatic carbocycles. The maximum Gasteiger partial charge on any atom is 0.418 e. The zero-order valence-electron chi connectivity index (χ0n) is 29.0. The molecule has 0 spiro atoms. The van der Waals surface area contributed by atoms with Crippen LogP contribution in [0.2, 0.25) is 0 Å². The predicted molar refractivity (Wildman–Crippen MR) is 180 cm³/mol. The van der Waals surface area contributed by atoms with Gasteiger partial charge in [0.2, 0.25) is 0 Å². The van der Waals surface area contributed by atoms with E-state index in [1.807, 2.05) is 0 Å². The number of aliphatic hydroxyl groups is 2. The Labute approximate surface area is 293 Å². The highest BCUT2D eigenvalue weighted by atomic mass is 19.4. The number of alkyl halides is 6. The van der Waals surface area contributed by atoms with Crippen molar-refractivity contribution in [2.75, 3.05) is 14.2 Å². The molecular weight excluding hydrogens is 698 g/mol. The number of nitrogens with zero attached hydrogens (tertiary/aromatic N) is 2. The van der Waals surface area contributed by atoms with Crippen molar-refractivity contribution in [3.05, 3.63) is 69.3 Å². The number of fused-ring (bicyclic) bond motifs is 8. The molecule has 10 nitrogen and oxygen atoms in total. The van der Waals surface area contributed by atoms with E-state index < -0.39 is 47.6 Å². The van der Waals surface area contributed by atoms with Gasteiger partial charge < -0.3 is 29.7 Å². The van der Waals surface area contributed by atoms with Gasteiger partial charge in [0.15, 0.2) is 12.2 Å². The van der Waals surface area contributed by atoms with Crippen molar-refractivity contribution >= 4 is 56.3 Å². The van der Waals surface area contributed by atoms with Crippen LogP contribution in [-0.2, 0) is 19.1 Å². The quantitative estimate of drug-likeness (QED) is 0.135. The lowest BCUT2D eigenvalue weighted by Gasteiger charge is -2.15. The van der Waals surface area contributed by atoms with Crippen LogP contribution in [0.3, 0.4) is 0 Å². The number of hydrogen-bond acceptors (Lipinski definition) is 8. The van der Waals surface area contributed by atoms with Crippen LogP contribution in [0.25, 0.3) is 44.4 Å². The second-order valence-corrected chi connectivity index (χ2v) is 12.6. The number of rotatable bonds is 8. The first-order valence-electron chi connectivity index (χ1n) is 16.1. The molecule has 2 unspecified atom stereocenters. The maximum atomic E-state index is 14.1. The number of aromatic nitrogens is 4. The Morgan fingerprint density at radius 3 is 1.38 bits per heavy atom. The summed E-state index contributed by atoms with van der Waals surface area (Å²) < 4.78 is 93.9. The van der Waals surface area contributed by atoms with E-state index in [0.29, 0.717) is 39.4 Å². The molecule has 5 heterocycles. The zero-order valence-corrected chi connectivity index (χ0v) is 29.0. The minimum atomic E-state index is -5.12. The number of ether oxygens (including phenoxy) is 2. The average Bonchev–Trinajstić information content (AvgIpc) is 3.73. The van der Waals surface area contributed by atoms with Crippen LogP contribution in [0, 0.1) is 13.8 Å². The number of nitrogens with one attached hydrogen (secondary N) is 2. The summed E-state index contributed by atoms with van der Waals surface area (Å²) in [5, 5.41) is 21.0. The first-order valence-corrected chi connectivity index (χ1v) is 16.1. The van der Waals surface area contributed by atoms with Gasteiger partial charge in [-0.25, -0.2) is 9.97 Å². The fraction of sp³-hybridized carbons (Fsp3) is 0.389. The number of halogens is 6. The van der Waals surface area contributed by atoms with Gasteiger partial charge in [0.25, 0.3) is 0 Å². The lowest BCUT2D eigenvalue weighted by Crippen LogP contribution is -2.20. The Morgan fingerprint density at radius 2 is 1.00 bits per heavy atom. The third-order valence-corrected chi connectivity index (χ3v) is 9.41. The number of H-pyrrole nitrogens is 2. The smallest absolute Gasteiger partial charge is 0.418 e. The average molecular weight is 735 g/mol. The van der Waals surface area contributed by atoms with Gasteiger partial charge in [-0.1, -0.05) is 0 Å². The van der Waals surface area contributed by atoms with Gasteiger partial charge in [0.1, 0.15) is 0 Å². The van der Waals surface area contributed by atoms with Crippen molar-refractivity contribution in [3.63, 3.8) is 0 Å². The number of methoxy groups -OCH3 is 2. The van der Waals surface area contributed by atoms with Crippen LogP contribution in [-0.4, -0.2) is 68.7 Å². The van der Waals surface area contributed by atoms with E-state index in [0.717, 1.165) is 6.07 Å². The molecular formula is C36H36F6N4O6. The number of carbonyl (C=O) groups is 2. The number of aromatic amines is 2. The minimum Gasteiger partial charge on any atom is -0.469 e. The van der Waals surface area contributed by atoms with E-state index in [4.69, 9.17) is 19.4 Å². The van der Waals surface area contributed by atoms with E-state index in [1.54, 1.807) is 19.9 Å². The molecule has 278 valence electrons. The number of esters is 2. The molecule has 2 aliphatic rings. The van der Waals surface area contributed by atoms with Crippen LogP contribution in [0.4, 0.5) is 26.3 Å². The second kappa shape index (κ2) is 14.2. The molecule has 0 fully saturated rings. The van der Waals surface area contributed by atoms with Gasteiger partial charge in [0, 0.05) is 46.0 Å². The number of hydrogen-bond donors (Lipinski definition) is 4. The summed E-state index contributed by atoms with van der Waals surface area (Å²) in [5.41, 5.74) is 1.76. The highest BCUT2D eigenvalue weighted by Gasteiger charge is 2.43. The molecule has 16 heteroatoms. The Bertz CT molecular complexity index is 2180. The lowest BCUT2D eigenvalue weighted by atomic mass is 9.98. The summed E-state index contributed by atoms with van der Waals surface area (Å²) in [7, 11) is 2.47. The summed E-state index contributed by atoms with van der Waals surface area (Å²) >= 11 is 0. The fourth-order valence-corrected chi connectivity index (χ4v) is 6.47. The molecule has 0 aromatic carbocycles. The molecule has 3 aromatic rings. The van der Waals surface area contributed by atoms with E-state index in [2.05, 4.69) is 9.97 Å². The topological polar surface area (TPSA) is 150 Å². The van der Waals surface area contributed by atoms with E-state index in [1.165, 1.54) is 40.2 Å². The summed E-state index contributed by atoms with van der Waals surface area (Å²) in [4.78, 5) is 39.5. The van der Waals surface area contributed by atoms with Gasteiger partial charge in [-0.3, -0.25) is 9.59 Å². The van der Waals surface area contributed by atoms with Crippen molar-refractivity contribution in [2.45, 2.75) is 77.9 Å². The Balaban J connectivity index is 1.97. The van der Waals surface area contributed by atoms with Crippen molar-refractivity contribution < 1.29 is 55.6 Å². The molecule has 0 radical (unpaired) electrons. The summed E-state index contributed by atoms with van der Waals surface area (Å²) in [6.07, 6.45) is -16.0. The molecule has 8 bridgehead atoms. The molecule has 2 atom stereocenters. The maximum absolute atomic E-state index is 14.1. The molecule has 0 saturated carbocycles. The zero-order chi connectivity index (χ0) is 38.4. The monoisotopic (exact) mass is 734 g/mol. The van der Waals surface area contributed by atoms with Gasteiger partial charge in [-0.05, 0) is 98.2 Å². The number of aliphatic hydroxyl groups excluding tert-OH is 2. The van der Waals surface area contributed by atoms with Crippen molar-refractivity contribution in [3.8, 4) is 0 Å². The van der Waals surface area contributed by atoms with Crippen LogP contribution in [0.5, 0.6) is 0 Å². The predicted octanol–water partition coefficient (Wildman–Crippen LogP) is 7.89. The van der Waals surface area contributed by atoms with Crippen LogP contribution < -0.4 is 0 Å². The third kappa shape index (κ3) is 7.35. The summed E-state index contributed by atoms with van der Waals surface area (Å²) in [6, 6.07) is 5.51. The molecule has 4 N–H and O–H groups in total. The first-order chi connectivity index (χ1) is 24.3. The normalized spacial score (nSPS) is 14.9. The minimum absolute atomic E-state index is 0.00128. The SMILES string of the molecule is COC(=O)CCC1=C(C)c2cc3[nH]c(cc4[nH]c(cc5nc(cc1n2)C(CCC(=O)OC)=C5C)c(C(O)C(F)(F)F)c4C)c(C(O)C(F)(F)F)c3C. The van der Waals surface area contributed by atoms with E-state index in [-0.39, 0.29) is 64.6 Å². The van der Waals surface area contributed by atoms with Crippen molar-refractivity contribution in [1.82, 2.24) is 19.9 Å².